The molecule has 0 atom stereocenters. The minimum Gasteiger partial charge on any atom is -0.495 e. The van der Waals surface area contributed by atoms with Gasteiger partial charge in [-0.05, 0) is 31.2 Å². The average molecular weight is 401 g/mol. The molecular weight excluding hydrogens is 384 g/mol. The molecule has 0 amide bonds. The standard InChI is InChI=1S/C20H17ClN2O3S/c1-11-20(26-12(2)24)13-8-17(25-3)14(21)9-16(13)23(11)10-19-22-15-6-4-5-7-18(15)27-19/h4-9H,10H2,1-3H3. The fraction of sp³-hybridized carbons (Fsp3) is 0.200. The van der Waals surface area contributed by atoms with Crippen molar-refractivity contribution in [3.63, 3.8) is 0 Å². The molecule has 0 aliphatic rings. The second-order valence-corrected chi connectivity index (χ2v) is 7.70. The predicted octanol–water partition coefficient (Wildman–Crippen LogP) is 5.20. The van der Waals surface area contributed by atoms with E-state index in [2.05, 4.69) is 10.6 Å². The average Bonchev–Trinajstić information content (AvgIpc) is 3.15. The molecule has 27 heavy (non-hydrogen) atoms. The number of benzene rings is 2. The molecule has 0 radical (unpaired) electrons. The fourth-order valence-electron chi connectivity index (χ4n) is 3.20. The third-order valence-corrected chi connectivity index (χ3v) is 5.73. The van der Waals surface area contributed by atoms with E-state index in [1.165, 1.54) is 6.92 Å². The number of carbonyl (C=O) groups excluding carboxylic acids is 1. The highest BCUT2D eigenvalue weighted by Gasteiger charge is 2.20. The van der Waals surface area contributed by atoms with Crippen LogP contribution in [0.4, 0.5) is 0 Å². The number of fused-ring (bicyclic) bond motifs is 2. The van der Waals surface area contributed by atoms with E-state index in [4.69, 9.17) is 26.1 Å². The van der Waals surface area contributed by atoms with Crippen LogP contribution in [0.3, 0.4) is 0 Å². The number of esters is 1. The summed E-state index contributed by atoms with van der Waals surface area (Å²) in [6, 6.07) is 11.7. The Morgan fingerprint density at radius 1 is 1.30 bits per heavy atom. The van der Waals surface area contributed by atoms with Crippen LogP contribution in [-0.2, 0) is 11.3 Å². The molecule has 0 saturated carbocycles. The monoisotopic (exact) mass is 400 g/mol. The normalized spacial score (nSPS) is 11.3. The SMILES string of the molecule is COc1cc2c(OC(C)=O)c(C)n(Cc3nc4ccccc4s3)c2cc1Cl. The first-order valence-electron chi connectivity index (χ1n) is 8.37. The second kappa shape index (κ2) is 6.87. The molecule has 5 nitrogen and oxygen atoms in total. The van der Waals surface area contributed by atoms with Gasteiger partial charge in [0.25, 0.3) is 0 Å². The third kappa shape index (κ3) is 3.15. The summed E-state index contributed by atoms with van der Waals surface area (Å²) in [5.41, 5.74) is 2.68. The molecule has 138 valence electrons. The molecule has 0 N–H and O–H groups in total. The van der Waals surface area contributed by atoms with Gasteiger partial charge >= 0.3 is 5.97 Å². The number of nitrogens with zero attached hydrogens (tertiary/aromatic N) is 2. The molecule has 0 saturated heterocycles. The van der Waals surface area contributed by atoms with Crippen molar-refractivity contribution in [3.8, 4) is 11.5 Å². The molecule has 2 heterocycles. The van der Waals surface area contributed by atoms with Crippen LogP contribution in [0.1, 0.15) is 17.6 Å². The van der Waals surface area contributed by atoms with Crippen molar-refractivity contribution in [2.45, 2.75) is 20.4 Å². The van der Waals surface area contributed by atoms with Crippen molar-refractivity contribution in [2.24, 2.45) is 0 Å². The molecule has 4 rings (SSSR count). The summed E-state index contributed by atoms with van der Waals surface area (Å²) in [4.78, 5) is 16.3. The highest BCUT2D eigenvalue weighted by atomic mass is 35.5. The van der Waals surface area contributed by atoms with Crippen LogP contribution < -0.4 is 9.47 Å². The maximum absolute atomic E-state index is 11.6. The van der Waals surface area contributed by atoms with Crippen molar-refractivity contribution in [3.05, 3.63) is 52.1 Å². The van der Waals surface area contributed by atoms with Crippen molar-refractivity contribution in [1.82, 2.24) is 9.55 Å². The van der Waals surface area contributed by atoms with E-state index in [1.807, 2.05) is 31.2 Å². The maximum Gasteiger partial charge on any atom is 0.308 e. The zero-order valence-electron chi connectivity index (χ0n) is 15.1. The minimum atomic E-state index is -0.369. The van der Waals surface area contributed by atoms with Gasteiger partial charge in [0.1, 0.15) is 10.8 Å². The first kappa shape index (κ1) is 17.8. The second-order valence-electron chi connectivity index (χ2n) is 6.17. The molecule has 0 spiro atoms. The molecule has 0 aliphatic heterocycles. The number of aromatic nitrogens is 2. The summed E-state index contributed by atoms with van der Waals surface area (Å²) in [5.74, 6) is 0.689. The van der Waals surface area contributed by atoms with Crippen LogP contribution >= 0.6 is 22.9 Å². The van der Waals surface area contributed by atoms with Gasteiger partial charge in [-0.1, -0.05) is 23.7 Å². The summed E-state index contributed by atoms with van der Waals surface area (Å²) >= 11 is 8.00. The lowest BCUT2D eigenvalue weighted by molar-refractivity contribution is -0.131. The van der Waals surface area contributed by atoms with E-state index in [-0.39, 0.29) is 5.97 Å². The molecule has 7 heteroatoms. The number of ether oxygens (including phenoxy) is 2. The highest BCUT2D eigenvalue weighted by molar-refractivity contribution is 7.18. The van der Waals surface area contributed by atoms with Gasteiger partial charge in [-0.25, -0.2) is 4.98 Å². The third-order valence-electron chi connectivity index (χ3n) is 4.42. The Bertz CT molecular complexity index is 1150. The number of hydrogen-bond acceptors (Lipinski definition) is 5. The Balaban J connectivity index is 1.89. The molecule has 0 fully saturated rings. The summed E-state index contributed by atoms with van der Waals surface area (Å²) in [6.45, 7) is 3.88. The van der Waals surface area contributed by atoms with E-state index < -0.39 is 0 Å². The number of carbonyl (C=O) groups is 1. The van der Waals surface area contributed by atoms with Gasteiger partial charge in [-0.3, -0.25) is 4.79 Å². The molecule has 0 bridgehead atoms. The first-order valence-corrected chi connectivity index (χ1v) is 9.56. The Hall–Kier alpha value is -2.57. The Kier molecular flexibility index (Phi) is 4.53. The lowest BCUT2D eigenvalue weighted by Crippen LogP contribution is -2.04. The Morgan fingerprint density at radius 3 is 2.78 bits per heavy atom. The van der Waals surface area contributed by atoms with E-state index >= 15 is 0 Å². The number of methoxy groups -OCH3 is 1. The summed E-state index contributed by atoms with van der Waals surface area (Å²) in [6.07, 6.45) is 0. The predicted molar refractivity (Wildman–Crippen MR) is 108 cm³/mol. The van der Waals surface area contributed by atoms with Crippen LogP contribution in [0.15, 0.2) is 36.4 Å². The first-order chi connectivity index (χ1) is 13.0. The summed E-state index contributed by atoms with van der Waals surface area (Å²) in [7, 11) is 1.56. The largest absolute Gasteiger partial charge is 0.495 e. The fourth-order valence-corrected chi connectivity index (χ4v) is 4.39. The zero-order valence-corrected chi connectivity index (χ0v) is 16.6. The summed E-state index contributed by atoms with van der Waals surface area (Å²) in [5, 5.41) is 2.25. The van der Waals surface area contributed by atoms with Gasteiger partial charge in [-0.15, -0.1) is 11.3 Å². The topological polar surface area (TPSA) is 53.4 Å². The molecule has 0 aliphatic carbocycles. The minimum absolute atomic E-state index is 0.369. The summed E-state index contributed by atoms with van der Waals surface area (Å²) < 4.78 is 14.0. The molecule has 2 aromatic heterocycles. The van der Waals surface area contributed by atoms with Gasteiger partial charge in [0.05, 0.1) is 40.1 Å². The van der Waals surface area contributed by atoms with Crippen molar-refractivity contribution >= 4 is 50.0 Å². The van der Waals surface area contributed by atoms with Gasteiger partial charge in [0.15, 0.2) is 5.75 Å². The van der Waals surface area contributed by atoms with Gasteiger partial charge in [0.2, 0.25) is 0 Å². The molecular formula is C20H17ClN2O3S. The molecule has 2 aromatic carbocycles. The van der Waals surface area contributed by atoms with Crippen LogP contribution in [0.25, 0.3) is 21.1 Å². The van der Waals surface area contributed by atoms with Gasteiger partial charge < -0.3 is 14.0 Å². The molecule has 4 aromatic rings. The van der Waals surface area contributed by atoms with E-state index in [1.54, 1.807) is 24.5 Å². The number of para-hydroxylation sites is 1. The molecule has 0 unspecified atom stereocenters. The van der Waals surface area contributed by atoms with Crippen LogP contribution in [0, 0.1) is 6.92 Å². The lowest BCUT2D eigenvalue weighted by Gasteiger charge is -2.07. The highest BCUT2D eigenvalue weighted by Crippen LogP contribution is 2.39. The van der Waals surface area contributed by atoms with Crippen LogP contribution in [0.5, 0.6) is 11.5 Å². The number of rotatable bonds is 4. The van der Waals surface area contributed by atoms with Crippen molar-refractivity contribution in [1.29, 1.82) is 0 Å². The van der Waals surface area contributed by atoms with Gasteiger partial charge in [0, 0.05) is 12.3 Å². The lowest BCUT2D eigenvalue weighted by atomic mass is 10.2. The quantitative estimate of drug-likeness (QED) is 0.442. The van der Waals surface area contributed by atoms with E-state index in [0.717, 1.165) is 31.8 Å². The van der Waals surface area contributed by atoms with Crippen LogP contribution in [0.2, 0.25) is 5.02 Å². The smallest absolute Gasteiger partial charge is 0.308 e. The number of hydrogen-bond donors (Lipinski definition) is 0. The number of halogens is 1. The van der Waals surface area contributed by atoms with Gasteiger partial charge in [-0.2, -0.15) is 0 Å². The zero-order chi connectivity index (χ0) is 19.1. The van der Waals surface area contributed by atoms with E-state index in [0.29, 0.717) is 23.1 Å². The number of thiazole rings is 1. The van der Waals surface area contributed by atoms with E-state index in [9.17, 15) is 4.79 Å². The van der Waals surface area contributed by atoms with Crippen molar-refractivity contribution < 1.29 is 14.3 Å². The Morgan fingerprint density at radius 2 is 2.07 bits per heavy atom. The van der Waals surface area contributed by atoms with Crippen LogP contribution in [-0.4, -0.2) is 22.6 Å². The maximum atomic E-state index is 11.6. The van der Waals surface area contributed by atoms with Crippen molar-refractivity contribution in [2.75, 3.05) is 7.11 Å². The Labute approximate surface area is 165 Å².